The summed E-state index contributed by atoms with van der Waals surface area (Å²) >= 11 is 0. The van der Waals surface area contributed by atoms with E-state index in [-0.39, 0.29) is 6.10 Å². The fourth-order valence-corrected chi connectivity index (χ4v) is 1.78. The van der Waals surface area contributed by atoms with Crippen LogP contribution in [0.3, 0.4) is 0 Å². The first-order valence-electron chi connectivity index (χ1n) is 5.07. The molecule has 1 fully saturated rings. The zero-order valence-electron chi connectivity index (χ0n) is 8.77. The van der Waals surface area contributed by atoms with Crippen molar-refractivity contribution in [1.29, 1.82) is 0 Å². The number of aromatic nitrogens is 2. The van der Waals surface area contributed by atoms with Gasteiger partial charge in [-0.15, -0.1) is 5.10 Å². The molecule has 0 bridgehead atoms. The van der Waals surface area contributed by atoms with Crippen molar-refractivity contribution in [3.63, 3.8) is 0 Å². The second kappa shape index (κ2) is 4.44. The van der Waals surface area contributed by atoms with Crippen molar-refractivity contribution < 1.29 is 9.47 Å². The first kappa shape index (κ1) is 10.2. The average molecular weight is 209 g/mol. The molecule has 1 aromatic rings. The Morgan fingerprint density at radius 1 is 1.67 bits per heavy atom. The predicted octanol–water partition coefficient (Wildman–Crippen LogP) is 0.789. The third kappa shape index (κ3) is 2.18. The topological polar surface area (TPSA) is 70.3 Å². The molecule has 0 spiro atoms. The Bertz CT molecular complexity index is 337. The van der Waals surface area contributed by atoms with Crippen LogP contribution in [0.25, 0.3) is 0 Å². The van der Waals surface area contributed by atoms with Crippen LogP contribution in [0.4, 0.5) is 5.69 Å². The molecule has 5 nitrogen and oxygen atoms in total. The number of ether oxygens (including phenoxy) is 2. The number of nitrogen functional groups attached to an aromatic ring is 1. The van der Waals surface area contributed by atoms with E-state index < -0.39 is 0 Å². The molecule has 2 heterocycles. The Morgan fingerprint density at radius 2 is 2.53 bits per heavy atom. The Labute approximate surface area is 88.6 Å². The Hall–Kier alpha value is -1.36. The minimum Gasteiger partial charge on any atom is -0.478 e. The molecule has 1 saturated heterocycles. The zero-order valence-corrected chi connectivity index (χ0v) is 8.77. The highest BCUT2D eigenvalue weighted by Gasteiger charge is 2.18. The summed E-state index contributed by atoms with van der Waals surface area (Å²) in [5.41, 5.74) is 7.41. The summed E-state index contributed by atoms with van der Waals surface area (Å²) in [5.74, 6) is 0.394. The van der Waals surface area contributed by atoms with Crippen LogP contribution < -0.4 is 10.5 Å². The lowest BCUT2D eigenvalue weighted by atomic mass is 10.1. The van der Waals surface area contributed by atoms with E-state index in [0.29, 0.717) is 11.6 Å². The van der Waals surface area contributed by atoms with Crippen LogP contribution in [-0.2, 0) is 11.2 Å². The molecule has 0 aliphatic carbocycles. The van der Waals surface area contributed by atoms with Gasteiger partial charge in [0, 0.05) is 18.6 Å². The monoisotopic (exact) mass is 209 g/mol. The van der Waals surface area contributed by atoms with Gasteiger partial charge in [0.25, 0.3) is 5.88 Å². The lowest BCUT2D eigenvalue weighted by Crippen LogP contribution is -2.12. The largest absolute Gasteiger partial charge is 0.478 e. The van der Waals surface area contributed by atoms with Gasteiger partial charge in [0.05, 0.1) is 19.4 Å². The van der Waals surface area contributed by atoms with E-state index in [1.165, 1.54) is 7.11 Å². The molecule has 1 atom stereocenters. The molecule has 82 valence electrons. The van der Waals surface area contributed by atoms with Gasteiger partial charge >= 0.3 is 0 Å². The van der Waals surface area contributed by atoms with Crippen LogP contribution in [0.1, 0.15) is 18.4 Å². The van der Waals surface area contributed by atoms with E-state index in [0.717, 1.165) is 31.4 Å². The maximum atomic E-state index is 5.89. The molecule has 15 heavy (non-hydrogen) atoms. The smallest absolute Gasteiger partial charge is 0.256 e. The molecule has 1 aliphatic heterocycles. The first-order chi connectivity index (χ1) is 7.31. The highest BCUT2D eigenvalue weighted by molar-refractivity contribution is 5.53. The Kier molecular flexibility index (Phi) is 3.01. The number of rotatable bonds is 3. The zero-order chi connectivity index (χ0) is 10.7. The van der Waals surface area contributed by atoms with Gasteiger partial charge in [-0.2, -0.15) is 5.10 Å². The summed E-state index contributed by atoms with van der Waals surface area (Å²) in [6, 6.07) is 0. The molecular formula is C10H15N3O2. The molecule has 2 N–H and O–H groups in total. The van der Waals surface area contributed by atoms with Crippen molar-refractivity contribution in [3.8, 4) is 5.88 Å². The number of anilines is 1. The minimum atomic E-state index is 0.265. The Balaban J connectivity index is 2.13. The molecule has 1 aromatic heterocycles. The summed E-state index contributed by atoms with van der Waals surface area (Å²) in [6.07, 6.45) is 4.95. The highest BCUT2D eigenvalue weighted by Crippen LogP contribution is 2.24. The van der Waals surface area contributed by atoms with Gasteiger partial charge in [-0.05, 0) is 12.8 Å². The molecular weight excluding hydrogens is 194 g/mol. The number of methoxy groups -OCH3 is 1. The normalized spacial score (nSPS) is 20.5. The van der Waals surface area contributed by atoms with Gasteiger partial charge in [-0.1, -0.05) is 0 Å². The summed E-state index contributed by atoms with van der Waals surface area (Å²) in [4.78, 5) is 0. The number of hydrogen-bond donors (Lipinski definition) is 1. The van der Waals surface area contributed by atoms with Gasteiger partial charge in [0.15, 0.2) is 0 Å². The fraction of sp³-hybridized carbons (Fsp3) is 0.600. The van der Waals surface area contributed by atoms with E-state index in [2.05, 4.69) is 10.2 Å². The quantitative estimate of drug-likeness (QED) is 0.796. The van der Waals surface area contributed by atoms with Crippen molar-refractivity contribution in [2.45, 2.75) is 25.4 Å². The van der Waals surface area contributed by atoms with Gasteiger partial charge in [-0.3, -0.25) is 0 Å². The van der Waals surface area contributed by atoms with Crippen molar-refractivity contribution in [2.24, 2.45) is 0 Å². The molecule has 1 unspecified atom stereocenters. The van der Waals surface area contributed by atoms with Crippen molar-refractivity contribution in [3.05, 3.63) is 11.8 Å². The third-order valence-electron chi connectivity index (χ3n) is 2.60. The maximum absolute atomic E-state index is 5.89. The second-order valence-electron chi connectivity index (χ2n) is 3.63. The molecule has 2 rings (SSSR count). The summed E-state index contributed by atoms with van der Waals surface area (Å²) in [6.45, 7) is 0.847. The van der Waals surface area contributed by atoms with Crippen LogP contribution in [0, 0.1) is 0 Å². The summed E-state index contributed by atoms with van der Waals surface area (Å²) in [5, 5.41) is 7.64. The van der Waals surface area contributed by atoms with E-state index in [1.807, 2.05) is 0 Å². The lowest BCUT2D eigenvalue weighted by Gasteiger charge is -2.11. The van der Waals surface area contributed by atoms with Crippen LogP contribution >= 0.6 is 0 Å². The van der Waals surface area contributed by atoms with E-state index in [1.54, 1.807) is 6.20 Å². The number of nitrogens with two attached hydrogens (primary N) is 1. The lowest BCUT2D eigenvalue weighted by molar-refractivity contribution is 0.111. The molecule has 0 amide bonds. The fourth-order valence-electron chi connectivity index (χ4n) is 1.78. The SMILES string of the molecule is COc1nncc(CC2CCCO2)c1N. The van der Waals surface area contributed by atoms with Crippen LogP contribution in [0.15, 0.2) is 6.20 Å². The van der Waals surface area contributed by atoms with Gasteiger partial charge in [-0.25, -0.2) is 0 Å². The summed E-state index contributed by atoms with van der Waals surface area (Å²) in [7, 11) is 1.54. The van der Waals surface area contributed by atoms with Crippen molar-refractivity contribution in [2.75, 3.05) is 19.5 Å². The molecule has 1 aliphatic rings. The predicted molar refractivity (Wildman–Crippen MR) is 55.7 cm³/mol. The first-order valence-corrected chi connectivity index (χ1v) is 5.07. The average Bonchev–Trinajstić information content (AvgIpc) is 2.74. The Morgan fingerprint density at radius 3 is 3.20 bits per heavy atom. The van der Waals surface area contributed by atoms with E-state index in [4.69, 9.17) is 15.2 Å². The van der Waals surface area contributed by atoms with E-state index in [9.17, 15) is 0 Å². The van der Waals surface area contributed by atoms with Crippen LogP contribution in [0.2, 0.25) is 0 Å². The van der Waals surface area contributed by atoms with Gasteiger partial charge in [0.1, 0.15) is 5.69 Å². The second-order valence-corrected chi connectivity index (χ2v) is 3.63. The van der Waals surface area contributed by atoms with Crippen LogP contribution in [-0.4, -0.2) is 30.0 Å². The van der Waals surface area contributed by atoms with Gasteiger partial charge in [0.2, 0.25) is 0 Å². The van der Waals surface area contributed by atoms with Crippen molar-refractivity contribution in [1.82, 2.24) is 10.2 Å². The maximum Gasteiger partial charge on any atom is 0.256 e. The number of nitrogens with zero attached hydrogens (tertiary/aromatic N) is 2. The molecule has 0 radical (unpaired) electrons. The van der Waals surface area contributed by atoms with Crippen LogP contribution in [0.5, 0.6) is 5.88 Å². The van der Waals surface area contributed by atoms with Crippen molar-refractivity contribution >= 4 is 5.69 Å². The number of hydrogen-bond acceptors (Lipinski definition) is 5. The summed E-state index contributed by atoms with van der Waals surface area (Å²) < 4.78 is 10.6. The molecule has 5 heteroatoms. The van der Waals surface area contributed by atoms with Gasteiger partial charge < -0.3 is 15.2 Å². The highest BCUT2D eigenvalue weighted by atomic mass is 16.5. The third-order valence-corrected chi connectivity index (χ3v) is 2.60. The molecule has 0 saturated carbocycles. The molecule has 0 aromatic carbocycles. The standard InChI is InChI=1S/C10H15N3O2/c1-14-10-9(11)7(6-12-13-10)5-8-3-2-4-15-8/h6,8H,2-5H2,1H3,(H2,11,12). The minimum absolute atomic E-state index is 0.265. The van der Waals surface area contributed by atoms with E-state index >= 15 is 0 Å².